The van der Waals surface area contributed by atoms with Gasteiger partial charge < -0.3 is 10.6 Å². The quantitative estimate of drug-likeness (QED) is 0.863. The van der Waals surface area contributed by atoms with E-state index < -0.39 is 17.5 Å². The number of unbranched alkanes of at least 4 members (excludes halogenated alkanes) is 1. The van der Waals surface area contributed by atoms with Crippen LogP contribution in [-0.2, 0) is 0 Å². The first-order chi connectivity index (χ1) is 9.01. The third-order valence-corrected chi connectivity index (χ3v) is 2.95. The van der Waals surface area contributed by atoms with Gasteiger partial charge in [-0.25, -0.2) is 8.78 Å². The van der Waals surface area contributed by atoms with Gasteiger partial charge in [-0.1, -0.05) is 13.3 Å². The lowest BCUT2D eigenvalue weighted by Crippen LogP contribution is -2.36. The van der Waals surface area contributed by atoms with Crippen LogP contribution >= 0.6 is 0 Å². The van der Waals surface area contributed by atoms with Gasteiger partial charge in [-0.2, -0.15) is 0 Å². The van der Waals surface area contributed by atoms with E-state index in [1.165, 1.54) is 17.9 Å². The van der Waals surface area contributed by atoms with Crippen LogP contribution in [-0.4, -0.2) is 30.4 Å². The van der Waals surface area contributed by atoms with Crippen LogP contribution in [0.3, 0.4) is 0 Å². The number of aryl methyl sites for hydroxylation is 1. The van der Waals surface area contributed by atoms with Gasteiger partial charge in [-0.05, 0) is 25.0 Å². The SMILES string of the molecule is CCCCN(CCN)C(=O)c1cc(C)c(F)cc1F. The molecule has 2 N–H and O–H groups in total. The number of benzene rings is 1. The monoisotopic (exact) mass is 270 g/mol. The maximum Gasteiger partial charge on any atom is 0.256 e. The molecule has 0 aliphatic rings. The van der Waals surface area contributed by atoms with Gasteiger partial charge in [0.05, 0.1) is 5.56 Å². The normalized spacial score (nSPS) is 10.6. The Kier molecular flexibility index (Phi) is 5.89. The Morgan fingerprint density at radius 3 is 2.53 bits per heavy atom. The van der Waals surface area contributed by atoms with Gasteiger partial charge in [-0.15, -0.1) is 0 Å². The third kappa shape index (κ3) is 3.99. The number of amides is 1. The summed E-state index contributed by atoms with van der Waals surface area (Å²) in [5, 5.41) is 0. The van der Waals surface area contributed by atoms with Crippen LogP contribution in [0.2, 0.25) is 0 Å². The maximum absolute atomic E-state index is 13.7. The molecule has 1 amide bonds. The van der Waals surface area contributed by atoms with E-state index in [4.69, 9.17) is 5.73 Å². The fourth-order valence-corrected chi connectivity index (χ4v) is 1.81. The largest absolute Gasteiger partial charge is 0.337 e. The molecule has 0 spiro atoms. The van der Waals surface area contributed by atoms with Gasteiger partial charge >= 0.3 is 0 Å². The summed E-state index contributed by atoms with van der Waals surface area (Å²) in [5.74, 6) is -1.90. The fourth-order valence-electron chi connectivity index (χ4n) is 1.81. The Hall–Kier alpha value is -1.49. The van der Waals surface area contributed by atoms with E-state index >= 15 is 0 Å². The van der Waals surface area contributed by atoms with Crippen LogP contribution in [0.4, 0.5) is 8.78 Å². The first-order valence-corrected chi connectivity index (χ1v) is 6.46. The summed E-state index contributed by atoms with van der Waals surface area (Å²) in [6.07, 6.45) is 1.76. The molecule has 3 nitrogen and oxygen atoms in total. The lowest BCUT2D eigenvalue weighted by atomic mass is 10.1. The number of carbonyl (C=O) groups is 1. The van der Waals surface area contributed by atoms with E-state index in [0.29, 0.717) is 19.6 Å². The van der Waals surface area contributed by atoms with E-state index in [-0.39, 0.29) is 11.1 Å². The van der Waals surface area contributed by atoms with Gasteiger partial charge in [0.1, 0.15) is 11.6 Å². The lowest BCUT2D eigenvalue weighted by molar-refractivity contribution is 0.0753. The Bertz CT molecular complexity index is 449. The van der Waals surface area contributed by atoms with Crippen molar-refractivity contribution in [2.45, 2.75) is 26.7 Å². The van der Waals surface area contributed by atoms with E-state index in [1.807, 2.05) is 6.92 Å². The highest BCUT2D eigenvalue weighted by Crippen LogP contribution is 2.16. The van der Waals surface area contributed by atoms with E-state index in [2.05, 4.69) is 0 Å². The molecule has 0 heterocycles. The van der Waals surface area contributed by atoms with Gasteiger partial charge in [0.15, 0.2) is 0 Å². The summed E-state index contributed by atoms with van der Waals surface area (Å²) < 4.78 is 26.9. The summed E-state index contributed by atoms with van der Waals surface area (Å²) in [6, 6.07) is 2.01. The van der Waals surface area contributed by atoms with Crippen LogP contribution in [0.5, 0.6) is 0 Å². The molecule has 0 saturated heterocycles. The third-order valence-electron chi connectivity index (χ3n) is 2.95. The van der Waals surface area contributed by atoms with Crippen LogP contribution in [0, 0.1) is 18.6 Å². The van der Waals surface area contributed by atoms with Crippen molar-refractivity contribution in [1.29, 1.82) is 0 Å². The van der Waals surface area contributed by atoms with E-state index in [1.54, 1.807) is 0 Å². The molecule has 106 valence electrons. The van der Waals surface area contributed by atoms with Gasteiger partial charge in [0.2, 0.25) is 0 Å². The summed E-state index contributed by atoms with van der Waals surface area (Å²) in [5.41, 5.74) is 5.62. The molecule has 0 saturated carbocycles. The highest BCUT2D eigenvalue weighted by atomic mass is 19.1. The lowest BCUT2D eigenvalue weighted by Gasteiger charge is -2.22. The van der Waals surface area contributed by atoms with E-state index in [9.17, 15) is 13.6 Å². The number of carbonyl (C=O) groups excluding carboxylic acids is 1. The first kappa shape index (κ1) is 15.6. The minimum atomic E-state index is -0.827. The smallest absolute Gasteiger partial charge is 0.256 e. The Morgan fingerprint density at radius 2 is 1.95 bits per heavy atom. The topological polar surface area (TPSA) is 46.3 Å². The average Bonchev–Trinajstić information content (AvgIpc) is 2.38. The molecule has 5 heteroatoms. The molecule has 0 aliphatic carbocycles. The first-order valence-electron chi connectivity index (χ1n) is 6.46. The molecule has 0 radical (unpaired) electrons. The summed E-state index contributed by atoms with van der Waals surface area (Å²) in [6.45, 7) is 4.73. The molecular weight excluding hydrogens is 250 g/mol. The summed E-state index contributed by atoms with van der Waals surface area (Å²) in [7, 11) is 0. The average molecular weight is 270 g/mol. The van der Waals surface area contributed by atoms with Crippen molar-refractivity contribution < 1.29 is 13.6 Å². The minimum Gasteiger partial charge on any atom is -0.337 e. The molecule has 19 heavy (non-hydrogen) atoms. The van der Waals surface area contributed by atoms with Crippen LogP contribution in [0.15, 0.2) is 12.1 Å². The molecular formula is C14H20F2N2O. The number of hydrogen-bond acceptors (Lipinski definition) is 2. The second kappa shape index (κ2) is 7.19. The number of halogens is 2. The standard InChI is InChI=1S/C14H20F2N2O/c1-3-4-6-18(7-5-17)14(19)11-8-10(2)12(15)9-13(11)16/h8-9H,3-7,17H2,1-2H3. The summed E-state index contributed by atoms with van der Waals surface area (Å²) in [4.78, 5) is 13.7. The molecule has 0 aliphatic heterocycles. The molecule has 0 aromatic heterocycles. The van der Waals surface area contributed by atoms with Crippen LogP contribution in [0.25, 0.3) is 0 Å². The number of nitrogens with two attached hydrogens (primary N) is 1. The Labute approximate surface area is 112 Å². The fraction of sp³-hybridized carbons (Fsp3) is 0.500. The van der Waals surface area contributed by atoms with Crippen molar-refractivity contribution >= 4 is 5.91 Å². The second-order valence-corrected chi connectivity index (χ2v) is 4.52. The van der Waals surface area contributed by atoms with Crippen molar-refractivity contribution in [2.75, 3.05) is 19.6 Å². The van der Waals surface area contributed by atoms with E-state index in [0.717, 1.165) is 18.9 Å². The number of hydrogen-bond donors (Lipinski definition) is 1. The highest BCUT2D eigenvalue weighted by Gasteiger charge is 2.19. The van der Waals surface area contributed by atoms with Crippen molar-refractivity contribution in [3.8, 4) is 0 Å². The molecule has 1 aromatic rings. The minimum absolute atomic E-state index is 0.0940. The maximum atomic E-state index is 13.7. The Morgan fingerprint density at radius 1 is 1.26 bits per heavy atom. The second-order valence-electron chi connectivity index (χ2n) is 4.52. The molecule has 0 bridgehead atoms. The zero-order chi connectivity index (χ0) is 14.4. The molecule has 0 fully saturated rings. The molecule has 1 aromatic carbocycles. The highest BCUT2D eigenvalue weighted by molar-refractivity contribution is 5.94. The summed E-state index contributed by atoms with van der Waals surface area (Å²) >= 11 is 0. The molecule has 0 unspecified atom stereocenters. The van der Waals surface area contributed by atoms with Gasteiger partial charge in [-0.3, -0.25) is 4.79 Å². The predicted octanol–water partition coefficient (Wildman–Crippen LogP) is 2.47. The van der Waals surface area contributed by atoms with Crippen molar-refractivity contribution in [3.05, 3.63) is 34.9 Å². The predicted molar refractivity (Wildman–Crippen MR) is 71.0 cm³/mol. The van der Waals surface area contributed by atoms with Crippen molar-refractivity contribution in [1.82, 2.24) is 4.90 Å². The van der Waals surface area contributed by atoms with Gasteiger partial charge in [0.25, 0.3) is 5.91 Å². The molecule has 0 atom stereocenters. The van der Waals surface area contributed by atoms with Crippen LogP contribution < -0.4 is 5.73 Å². The number of rotatable bonds is 6. The Balaban J connectivity index is 2.98. The zero-order valence-electron chi connectivity index (χ0n) is 11.4. The number of nitrogens with zero attached hydrogens (tertiary/aromatic N) is 1. The zero-order valence-corrected chi connectivity index (χ0v) is 11.4. The van der Waals surface area contributed by atoms with Gasteiger partial charge in [0, 0.05) is 25.7 Å². The van der Waals surface area contributed by atoms with Crippen LogP contribution in [0.1, 0.15) is 35.7 Å². The van der Waals surface area contributed by atoms with Crippen molar-refractivity contribution in [2.24, 2.45) is 5.73 Å². The molecule has 1 rings (SSSR count). The van der Waals surface area contributed by atoms with Crippen molar-refractivity contribution in [3.63, 3.8) is 0 Å².